The van der Waals surface area contributed by atoms with Gasteiger partial charge in [0.2, 0.25) is 0 Å². The minimum absolute atomic E-state index is 0.140. The molecule has 0 aliphatic carbocycles. The lowest BCUT2D eigenvalue weighted by Crippen LogP contribution is -2.10. The summed E-state index contributed by atoms with van der Waals surface area (Å²) in [5, 5.41) is 6.27. The molecule has 4 nitrogen and oxygen atoms in total. The molecule has 0 bridgehead atoms. The molecule has 2 heterocycles. The Morgan fingerprint density at radius 2 is 2.43 bits per heavy atom. The van der Waals surface area contributed by atoms with E-state index in [9.17, 15) is 4.79 Å². The summed E-state index contributed by atoms with van der Waals surface area (Å²) >= 11 is 5.64. The van der Waals surface area contributed by atoms with E-state index >= 15 is 0 Å². The van der Waals surface area contributed by atoms with E-state index in [0.29, 0.717) is 12.1 Å². The van der Waals surface area contributed by atoms with Gasteiger partial charge in [0.05, 0.1) is 12.0 Å². The molecule has 14 heavy (non-hydrogen) atoms. The van der Waals surface area contributed by atoms with Crippen molar-refractivity contribution in [3.63, 3.8) is 0 Å². The Hall–Kier alpha value is -1.55. The van der Waals surface area contributed by atoms with Crippen LogP contribution in [0, 0.1) is 0 Å². The van der Waals surface area contributed by atoms with E-state index in [1.165, 1.54) is 6.07 Å². The first kappa shape index (κ1) is 9.02. The second-order valence-electron chi connectivity index (χ2n) is 2.79. The third kappa shape index (κ3) is 1.85. The predicted molar refractivity (Wildman–Crippen MR) is 51.4 cm³/mol. The minimum Gasteiger partial charge on any atom is -0.469 e. The van der Waals surface area contributed by atoms with Crippen molar-refractivity contribution in [2.24, 2.45) is 0 Å². The van der Waals surface area contributed by atoms with Gasteiger partial charge in [0.1, 0.15) is 10.8 Å². The molecule has 0 atom stereocenters. The molecule has 2 aromatic heterocycles. The number of hydrogen-bond donors (Lipinski definition) is 1. The van der Waals surface area contributed by atoms with E-state index < -0.39 is 0 Å². The Kier molecular flexibility index (Phi) is 2.37. The molecule has 0 aromatic carbocycles. The molecule has 72 valence electrons. The summed E-state index contributed by atoms with van der Waals surface area (Å²) in [5.74, 6) is 0.778. The third-order valence-corrected chi connectivity index (χ3v) is 2.03. The van der Waals surface area contributed by atoms with Crippen molar-refractivity contribution in [2.75, 3.05) is 0 Å². The van der Waals surface area contributed by atoms with Crippen molar-refractivity contribution in [2.45, 2.75) is 6.42 Å². The Morgan fingerprint density at radius 1 is 1.57 bits per heavy atom. The van der Waals surface area contributed by atoms with Gasteiger partial charge in [-0.1, -0.05) is 11.6 Å². The third-order valence-electron chi connectivity index (χ3n) is 1.75. The highest BCUT2D eigenvalue weighted by Crippen LogP contribution is 2.08. The van der Waals surface area contributed by atoms with E-state index in [1.54, 1.807) is 12.3 Å². The summed E-state index contributed by atoms with van der Waals surface area (Å²) in [7, 11) is 0. The Bertz CT molecular complexity index is 476. The first-order valence-corrected chi connectivity index (χ1v) is 4.40. The van der Waals surface area contributed by atoms with Crippen LogP contribution in [-0.2, 0) is 6.42 Å². The van der Waals surface area contributed by atoms with Gasteiger partial charge >= 0.3 is 0 Å². The van der Waals surface area contributed by atoms with Gasteiger partial charge in [-0.2, -0.15) is 5.10 Å². The highest BCUT2D eigenvalue weighted by atomic mass is 35.5. The summed E-state index contributed by atoms with van der Waals surface area (Å²) in [5.41, 5.74) is 0.291. The maximum absolute atomic E-state index is 10.9. The number of furan rings is 1. The van der Waals surface area contributed by atoms with E-state index in [-0.39, 0.29) is 10.6 Å². The summed E-state index contributed by atoms with van der Waals surface area (Å²) < 4.78 is 5.13. The fraction of sp³-hybridized carbons (Fsp3) is 0.111. The van der Waals surface area contributed by atoms with Crippen LogP contribution >= 0.6 is 11.6 Å². The number of nitrogens with zero attached hydrogens (tertiary/aromatic N) is 1. The highest BCUT2D eigenvalue weighted by Gasteiger charge is 2.03. The minimum atomic E-state index is -0.380. The fourth-order valence-electron chi connectivity index (χ4n) is 1.10. The van der Waals surface area contributed by atoms with Crippen LogP contribution in [0.4, 0.5) is 0 Å². The zero-order valence-corrected chi connectivity index (χ0v) is 7.91. The number of aromatic nitrogens is 2. The van der Waals surface area contributed by atoms with Crippen LogP contribution in [0.2, 0.25) is 5.02 Å². The summed E-state index contributed by atoms with van der Waals surface area (Å²) in [6, 6.07) is 5.16. The monoisotopic (exact) mass is 210 g/mol. The van der Waals surface area contributed by atoms with Crippen LogP contribution in [0.15, 0.2) is 33.7 Å². The van der Waals surface area contributed by atoms with Crippen LogP contribution in [-0.4, -0.2) is 10.2 Å². The zero-order valence-electron chi connectivity index (χ0n) is 7.16. The predicted octanol–water partition coefficient (Wildman–Crippen LogP) is 1.61. The van der Waals surface area contributed by atoms with Gasteiger partial charge in [0.25, 0.3) is 5.56 Å². The van der Waals surface area contributed by atoms with E-state index in [4.69, 9.17) is 16.0 Å². The molecule has 2 aromatic rings. The highest BCUT2D eigenvalue weighted by molar-refractivity contribution is 6.30. The first-order valence-electron chi connectivity index (χ1n) is 4.02. The van der Waals surface area contributed by atoms with Crippen molar-refractivity contribution >= 4 is 11.6 Å². The maximum atomic E-state index is 10.9. The summed E-state index contributed by atoms with van der Waals surface area (Å²) in [4.78, 5) is 10.9. The standard InChI is InChI=1S/C9H7ClN2O2/c10-8-5-6(11-12-9(8)13)4-7-2-1-3-14-7/h1-3,5H,4H2,(H,12,13). The van der Waals surface area contributed by atoms with Gasteiger partial charge in [-0.15, -0.1) is 0 Å². The average molecular weight is 211 g/mol. The Balaban J connectivity index is 2.26. The molecule has 2 rings (SSSR count). The van der Waals surface area contributed by atoms with Crippen molar-refractivity contribution in [1.82, 2.24) is 10.2 Å². The van der Waals surface area contributed by atoms with Gasteiger partial charge in [-0.3, -0.25) is 4.79 Å². The summed E-state index contributed by atoms with van der Waals surface area (Å²) in [6.45, 7) is 0. The number of halogens is 1. The molecule has 1 N–H and O–H groups in total. The van der Waals surface area contributed by atoms with E-state index in [0.717, 1.165) is 5.76 Å². The number of rotatable bonds is 2. The Morgan fingerprint density at radius 3 is 3.07 bits per heavy atom. The van der Waals surface area contributed by atoms with Crippen LogP contribution in [0.1, 0.15) is 11.5 Å². The van der Waals surface area contributed by atoms with Gasteiger partial charge in [0.15, 0.2) is 0 Å². The Labute approximate surface area is 84.5 Å². The average Bonchev–Trinajstić information content (AvgIpc) is 2.64. The number of aromatic amines is 1. The van der Waals surface area contributed by atoms with Crippen molar-refractivity contribution < 1.29 is 4.42 Å². The molecule has 0 fully saturated rings. The molecule has 0 unspecified atom stereocenters. The van der Waals surface area contributed by atoms with Gasteiger partial charge in [0, 0.05) is 6.42 Å². The van der Waals surface area contributed by atoms with Crippen molar-refractivity contribution in [3.05, 3.63) is 51.3 Å². The molecule has 0 saturated carbocycles. The molecule has 0 spiro atoms. The molecule has 5 heteroatoms. The molecule has 0 amide bonds. The van der Waals surface area contributed by atoms with E-state index in [1.807, 2.05) is 6.07 Å². The van der Waals surface area contributed by atoms with Gasteiger partial charge < -0.3 is 4.42 Å². The van der Waals surface area contributed by atoms with Crippen molar-refractivity contribution in [3.8, 4) is 0 Å². The van der Waals surface area contributed by atoms with E-state index in [2.05, 4.69) is 10.2 Å². The molecular weight excluding hydrogens is 204 g/mol. The van der Waals surface area contributed by atoms with Crippen LogP contribution in [0.3, 0.4) is 0 Å². The molecule has 0 radical (unpaired) electrons. The lowest BCUT2D eigenvalue weighted by atomic mass is 10.2. The first-order chi connectivity index (χ1) is 6.75. The fourth-order valence-corrected chi connectivity index (χ4v) is 1.27. The topological polar surface area (TPSA) is 58.9 Å². The second kappa shape index (κ2) is 3.67. The van der Waals surface area contributed by atoms with Crippen molar-refractivity contribution in [1.29, 1.82) is 0 Å². The van der Waals surface area contributed by atoms with Gasteiger partial charge in [-0.25, -0.2) is 5.10 Å². The van der Waals surface area contributed by atoms with Crippen LogP contribution < -0.4 is 5.56 Å². The second-order valence-corrected chi connectivity index (χ2v) is 3.20. The summed E-state index contributed by atoms with van der Waals surface area (Å²) in [6.07, 6.45) is 2.10. The smallest absolute Gasteiger partial charge is 0.282 e. The quantitative estimate of drug-likeness (QED) is 0.819. The molecule has 0 aliphatic heterocycles. The molecular formula is C9H7ClN2O2. The normalized spacial score (nSPS) is 10.4. The zero-order chi connectivity index (χ0) is 9.97. The lowest BCUT2D eigenvalue weighted by molar-refractivity contribution is 0.518. The molecule has 0 aliphatic rings. The number of H-pyrrole nitrogens is 1. The maximum Gasteiger partial charge on any atom is 0.282 e. The van der Waals surface area contributed by atoms with Gasteiger partial charge in [-0.05, 0) is 18.2 Å². The number of nitrogens with one attached hydrogen (secondary N) is 1. The lowest BCUT2D eigenvalue weighted by Gasteiger charge is -1.96. The largest absolute Gasteiger partial charge is 0.469 e. The molecule has 0 saturated heterocycles. The van der Waals surface area contributed by atoms with Crippen LogP contribution in [0.5, 0.6) is 0 Å². The SMILES string of the molecule is O=c1[nH]nc(Cc2ccco2)cc1Cl. The van der Waals surface area contributed by atoms with Crippen LogP contribution in [0.25, 0.3) is 0 Å². The number of hydrogen-bond acceptors (Lipinski definition) is 3.